The summed E-state index contributed by atoms with van der Waals surface area (Å²) in [5, 5.41) is 3.38. The minimum atomic E-state index is -4.77. The van der Waals surface area contributed by atoms with Crippen molar-refractivity contribution in [3.05, 3.63) is 33.2 Å². The predicted molar refractivity (Wildman–Crippen MR) is 78.9 cm³/mol. The molecule has 0 aliphatic rings. The number of halogens is 4. The van der Waals surface area contributed by atoms with Crippen LogP contribution in [0.5, 0.6) is 0 Å². The number of carbonyl (C=O) groups is 3. The topological polar surface area (TPSA) is 106 Å². The summed E-state index contributed by atoms with van der Waals surface area (Å²) in [4.78, 5) is 45.6. The number of hydrogen-bond acceptors (Lipinski definition) is 5. The molecule has 1 aromatic heterocycles. The summed E-state index contributed by atoms with van der Waals surface area (Å²) < 4.78 is 42.9. The van der Waals surface area contributed by atoms with E-state index in [4.69, 9.17) is 11.6 Å². The zero-order valence-corrected chi connectivity index (χ0v) is 13.5. The van der Waals surface area contributed by atoms with E-state index in [9.17, 15) is 32.3 Å². The Hall–Kier alpha value is -2.56. The zero-order chi connectivity index (χ0) is 19.2. The number of urea groups is 1. The second kappa shape index (κ2) is 8.51. The number of alkyl halides is 3. The number of aromatic nitrogens is 1. The van der Waals surface area contributed by atoms with Gasteiger partial charge in [0.15, 0.2) is 6.61 Å². The number of amides is 3. The van der Waals surface area contributed by atoms with Crippen LogP contribution in [-0.4, -0.2) is 35.6 Å². The van der Waals surface area contributed by atoms with Crippen molar-refractivity contribution in [3.63, 3.8) is 0 Å². The molecule has 8 nitrogen and oxygen atoms in total. The molecule has 1 aromatic rings. The average Bonchev–Trinajstić information content (AvgIpc) is 2.48. The zero-order valence-electron chi connectivity index (χ0n) is 12.8. The molecule has 25 heavy (non-hydrogen) atoms. The van der Waals surface area contributed by atoms with Crippen molar-refractivity contribution < 1.29 is 32.3 Å². The molecule has 0 saturated heterocycles. The van der Waals surface area contributed by atoms with E-state index in [1.54, 1.807) is 6.92 Å². The number of esters is 1. The molecule has 0 spiro atoms. The van der Waals surface area contributed by atoms with Crippen molar-refractivity contribution in [1.82, 2.24) is 15.2 Å². The third-order valence-corrected chi connectivity index (χ3v) is 2.89. The van der Waals surface area contributed by atoms with Crippen molar-refractivity contribution in [3.8, 4) is 0 Å². The van der Waals surface area contributed by atoms with Crippen LogP contribution >= 0.6 is 11.6 Å². The summed E-state index contributed by atoms with van der Waals surface area (Å²) in [7, 11) is 0. The molecule has 0 unspecified atom stereocenters. The lowest BCUT2D eigenvalue weighted by Crippen LogP contribution is -2.41. The van der Waals surface area contributed by atoms with Gasteiger partial charge in [0.2, 0.25) is 0 Å². The van der Waals surface area contributed by atoms with E-state index in [0.29, 0.717) is 16.8 Å². The summed E-state index contributed by atoms with van der Waals surface area (Å²) in [6.07, 6.45) is -4.36. The van der Waals surface area contributed by atoms with Gasteiger partial charge in [-0.25, -0.2) is 4.79 Å². The van der Waals surface area contributed by atoms with Crippen molar-refractivity contribution in [2.75, 3.05) is 13.2 Å². The van der Waals surface area contributed by atoms with Crippen LogP contribution in [0, 0.1) is 0 Å². The number of carbonyl (C=O) groups excluding carboxylic acids is 3. The summed E-state index contributed by atoms with van der Waals surface area (Å²) in [6, 6.07) is -0.365. The lowest BCUT2D eigenvalue weighted by molar-refractivity contribution is -0.149. The van der Waals surface area contributed by atoms with Crippen LogP contribution in [-0.2, 0) is 27.0 Å². The second-order valence-corrected chi connectivity index (χ2v) is 4.98. The maximum absolute atomic E-state index is 12.7. The highest BCUT2D eigenvalue weighted by Crippen LogP contribution is 2.29. The van der Waals surface area contributed by atoms with Gasteiger partial charge in [-0.2, -0.15) is 13.2 Å². The first kappa shape index (κ1) is 20.5. The number of imide groups is 1. The third kappa shape index (κ3) is 6.45. The van der Waals surface area contributed by atoms with E-state index in [-0.39, 0.29) is 6.54 Å². The maximum Gasteiger partial charge on any atom is 0.417 e. The largest absolute Gasteiger partial charge is 0.454 e. The van der Waals surface area contributed by atoms with Gasteiger partial charge in [0, 0.05) is 12.7 Å². The fraction of sp³-hybridized carbons (Fsp3) is 0.385. The highest BCUT2D eigenvalue weighted by Gasteiger charge is 2.32. The molecule has 0 fully saturated rings. The molecule has 0 saturated carbocycles. The first-order chi connectivity index (χ1) is 11.5. The summed E-state index contributed by atoms with van der Waals surface area (Å²) in [5.74, 6) is -2.11. The van der Waals surface area contributed by atoms with Gasteiger partial charge in [0.1, 0.15) is 11.6 Å². The molecule has 0 atom stereocenters. The molecule has 1 heterocycles. The molecule has 1 rings (SSSR count). The molecule has 138 valence electrons. The van der Waals surface area contributed by atoms with E-state index in [2.05, 4.69) is 10.1 Å². The van der Waals surface area contributed by atoms with Crippen LogP contribution in [0.15, 0.2) is 17.1 Å². The van der Waals surface area contributed by atoms with Crippen LogP contribution in [0.25, 0.3) is 0 Å². The Kier molecular flexibility index (Phi) is 6.97. The number of nitrogens with one attached hydrogen (secondary N) is 2. The predicted octanol–water partition coefficient (Wildman–Crippen LogP) is 0.909. The van der Waals surface area contributed by atoms with Gasteiger partial charge in [-0.3, -0.25) is 19.7 Å². The second-order valence-electron chi connectivity index (χ2n) is 4.58. The summed E-state index contributed by atoms with van der Waals surface area (Å²) in [6.45, 7) is 0.133. The van der Waals surface area contributed by atoms with E-state index >= 15 is 0 Å². The Bertz CT molecular complexity index is 733. The van der Waals surface area contributed by atoms with Gasteiger partial charge in [-0.05, 0) is 13.0 Å². The maximum atomic E-state index is 12.7. The summed E-state index contributed by atoms with van der Waals surface area (Å²) in [5.41, 5.74) is -2.25. The number of rotatable bonds is 5. The number of hydrogen-bond donors (Lipinski definition) is 2. The molecular formula is C13H13ClF3N3O5. The Balaban J connectivity index is 2.72. The smallest absolute Gasteiger partial charge is 0.417 e. The quantitative estimate of drug-likeness (QED) is 0.735. The standard InChI is InChI=1S/C13H13ClF3N3O5/c1-2-18-12(24)19-9(21)6-25-10(22)5-20-4-7(13(15,16)17)3-8(14)11(20)23/h3-4H,2,5-6H2,1H3,(H2,18,19,21,24). The highest BCUT2D eigenvalue weighted by atomic mass is 35.5. The van der Waals surface area contributed by atoms with Crippen LogP contribution < -0.4 is 16.2 Å². The molecule has 0 radical (unpaired) electrons. The molecule has 12 heteroatoms. The van der Waals surface area contributed by atoms with E-state index in [1.165, 1.54) is 0 Å². The van der Waals surface area contributed by atoms with Gasteiger partial charge in [0.25, 0.3) is 11.5 Å². The first-order valence-electron chi connectivity index (χ1n) is 6.75. The SMILES string of the molecule is CCNC(=O)NC(=O)COC(=O)Cn1cc(C(F)(F)F)cc(Cl)c1=O. The first-order valence-corrected chi connectivity index (χ1v) is 7.13. The number of pyridine rings is 1. The molecule has 2 N–H and O–H groups in total. The van der Waals surface area contributed by atoms with Crippen LogP contribution in [0.3, 0.4) is 0 Å². The van der Waals surface area contributed by atoms with Gasteiger partial charge in [-0.15, -0.1) is 0 Å². The molecule has 3 amide bonds. The fourth-order valence-electron chi connectivity index (χ4n) is 1.57. The van der Waals surface area contributed by atoms with E-state index in [1.807, 2.05) is 5.32 Å². The Morgan fingerprint density at radius 1 is 1.32 bits per heavy atom. The van der Waals surface area contributed by atoms with Crippen LogP contribution in [0.1, 0.15) is 12.5 Å². The molecular weight excluding hydrogens is 371 g/mol. The Morgan fingerprint density at radius 2 is 1.96 bits per heavy atom. The normalized spacial score (nSPS) is 10.9. The molecule has 0 bridgehead atoms. The van der Waals surface area contributed by atoms with Crippen LogP contribution in [0.2, 0.25) is 5.02 Å². The van der Waals surface area contributed by atoms with Crippen molar-refractivity contribution in [1.29, 1.82) is 0 Å². The molecule has 0 aliphatic heterocycles. The monoisotopic (exact) mass is 383 g/mol. The minimum Gasteiger partial charge on any atom is -0.454 e. The highest BCUT2D eigenvalue weighted by molar-refractivity contribution is 6.30. The van der Waals surface area contributed by atoms with Gasteiger partial charge in [0.05, 0.1) is 5.56 Å². The minimum absolute atomic E-state index is 0.262. The number of nitrogens with zero attached hydrogens (tertiary/aromatic N) is 1. The van der Waals surface area contributed by atoms with Crippen LogP contribution in [0.4, 0.5) is 18.0 Å². The Morgan fingerprint density at radius 3 is 2.52 bits per heavy atom. The van der Waals surface area contributed by atoms with Gasteiger partial charge in [-0.1, -0.05) is 11.6 Å². The lowest BCUT2D eigenvalue weighted by Gasteiger charge is -2.11. The van der Waals surface area contributed by atoms with E-state index in [0.717, 1.165) is 0 Å². The third-order valence-electron chi connectivity index (χ3n) is 2.62. The van der Waals surface area contributed by atoms with Crippen molar-refractivity contribution in [2.24, 2.45) is 0 Å². The van der Waals surface area contributed by atoms with E-state index < -0.39 is 53.4 Å². The van der Waals surface area contributed by atoms with Gasteiger partial charge < -0.3 is 14.6 Å². The van der Waals surface area contributed by atoms with Gasteiger partial charge >= 0.3 is 18.2 Å². The average molecular weight is 384 g/mol. The fourth-order valence-corrected chi connectivity index (χ4v) is 1.80. The van der Waals surface area contributed by atoms with Crippen molar-refractivity contribution in [2.45, 2.75) is 19.6 Å². The number of ether oxygens (including phenoxy) is 1. The summed E-state index contributed by atoms with van der Waals surface area (Å²) >= 11 is 5.43. The van der Waals surface area contributed by atoms with Crippen molar-refractivity contribution >= 4 is 29.5 Å². The molecule has 0 aliphatic carbocycles. The Labute approximate surface area is 143 Å². The lowest BCUT2D eigenvalue weighted by atomic mass is 10.2. The molecule has 0 aromatic carbocycles.